The number of hydrogen-bond acceptors (Lipinski definition) is 4. The molecule has 0 aliphatic carbocycles. The number of hydrogen-bond donors (Lipinski definition) is 0. The van der Waals surface area contributed by atoms with Crippen LogP contribution in [0.4, 0.5) is 0 Å². The van der Waals surface area contributed by atoms with Gasteiger partial charge in [-0.1, -0.05) is 0 Å². The number of likely N-dealkylation sites (tertiary alicyclic amines) is 1. The Morgan fingerprint density at radius 3 is 2.79 bits per heavy atom. The van der Waals surface area contributed by atoms with Gasteiger partial charge in [0.05, 0.1) is 10.2 Å². The monoisotopic (exact) mass is 349 g/mol. The maximum absolute atomic E-state index is 12.3. The summed E-state index contributed by atoms with van der Waals surface area (Å²) in [6.45, 7) is 1.07. The maximum atomic E-state index is 12.3. The van der Waals surface area contributed by atoms with E-state index in [1.54, 1.807) is 22.8 Å². The van der Waals surface area contributed by atoms with E-state index in [-0.39, 0.29) is 17.6 Å². The zero-order valence-electron chi connectivity index (χ0n) is 10.8. The number of sulfone groups is 1. The number of carbonyl (C=O) groups is 1. The molecule has 106 valence electrons. The molecular weight excluding hydrogens is 334 g/mol. The normalized spacial score (nSPS) is 19.9. The Balaban J connectivity index is 2.05. The summed E-state index contributed by atoms with van der Waals surface area (Å²) in [5.74, 6) is 0.0186. The minimum atomic E-state index is -2.99. The summed E-state index contributed by atoms with van der Waals surface area (Å²) in [5, 5.41) is 4.11. The van der Waals surface area contributed by atoms with Crippen LogP contribution in [0.3, 0.4) is 0 Å². The summed E-state index contributed by atoms with van der Waals surface area (Å²) < 4.78 is 24.8. The summed E-state index contributed by atoms with van der Waals surface area (Å²) in [6.07, 6.45) is 3.67. The molecule has 6 nitrogen and oxygen atoms in total. The van der Waals surface area contributed by atoms with Crippen molar-refractivity contribution in [3.05, 3.63) is 16.4 Å². The summed E-state index contributed by atoms with van der Waals surface area (Å²) in [6, 6.07) is 0. The average molecular weight is 350 g/mol. The number of amides is 1. The van der Waals surface area contributed by atoms with Gasteiger partial charge in [0.1, 0.15) is 9.84 Å². The molecule has 0 N–H and O–H groups in total. The lowest BCUT2D eigenvalue weighted by Gasteiger charge is -2.15. The molecule has 1 aliphatic heterocycles. The van der Waals surface area contributed by atoms with Crippen LogP contribution in [-0.2, 0) is 16.9 Å². The van der Waals surface area contributed by atoms with Crippen molar-refractivity contribution in [3.63, 3.8) is 0 Å². The van der Waals surface area contributed by atoms with Crippen LogP contribution in [-0.4, -0.2) is 54.1 Å². The molecule has 0 spiro atoms. The van der Waals surface area contributed by atoms with Crippen LogP contribution in [0.2, 0.25) is 0 Å². The van der Waals surface area contributed by atoms with Gasteiger partial charge >= 0.3 is 0 Å². The first-order chi connectivity index (χ1) is 8.76. The van der Waals surface area contributed by atoms with Gasteiger partial charge in [0.25, 0.3) is 5.91 Å². The quantitative estimate of drug-likeness (QED) is 0.804. The van der Waals surface area contributed by atoms with Crippen LogP contribution in [0, 0.1) is 5.92 Å². The molecule has 1 atom stereocenters. The van der Waals surface area contributed by atoms with Gasteiger partial charge in [-0.3, -0.25) is 9.48 Å². The Morgan fingerprint density at radius 1 is 1.58 bits per heavy atom. The molecule has 1 saturated heterocycles. The molecule has 0 aromatic carbocycles. The third kappa shape index (κ3) is 3.56. The molecule has 1 aliphatic rings. The van der Waals surface area contributed by atoms with E-state index in [4.69, 9.17) is 0 Å². The van der Waals surface area contributed by atoms with E-state index in [0.717, 1.165) is 6.42 Å². The number of halogens is 1. The van der Waals surface area contributed by atoms with E-state index in [1.807, 2.05) is 0 Å². The number of carbonyl (C=O) groups excluding carboxylic acids is 1. The van der Waals surface area contributed by atoms with Crippen molar-refractivity contribution < 1.29 is 13.2 Å². The number of aryl methyl sites for hydroxylation is 1. The predicted molar refractivity (Wildman–Crippen MR) is 74.6 cm³/mol. The lowest BCUT2D eigenvalue weighted by molar-refractivity contribution is 0.0780. The molecule has 2 rings (SSSR count). The van der Waals surface area contributed by atoms with Crippen molar-refractivity contribution >= 4 is 31.7 Å². The highest BCUT2D eigenvalue weighted by Crippen LogP contribution is 2.22. The van der Waals surface area contributed by atoms with Gasteiger partial charge in [0, 0.05) is 32.6 Å². The highest BCUT2D eigenvalue weighted by atomic mass is 79.9. The Kier molecular flexibility index (Phi) is 4.00. The van der Waals surface area contributed by atoms with E-state index < -0.39 is 9.84 Å². The zero-order chi connectivity index (χ0) is 14.2. The Hall–Kier alpha value is -0.890. The number of nitrogens with zero attached hydrogens (tertiary/aromatic N) is 3. The fourth-order valence-corrected chi connectivity index (χ4v) is 4.01. The van der Waals surface area contributed by atoms with Crippen molar-refractivity contribution in [3.8, 4) is 0 Å². The summed E-state index contributed by atoms with van der Waals surface area (Å²) in [4.78, 5) is 13.9. The largest absolute Gasteiger partial charge is 0.337 e. The van der Waals surface area contributed by atoms with Gasteiger partial charge in [-0.2, -0.15) is 5.10 Å². The van der Waals surface area contributed by atoms with E-state index in [9.17, 15) is 13.2 Å². The second-order valence-corrected chi connectivity index (χ2v) is 8.04. The van der Waals surface area contributed by atoms with Crippen LogP contribution in [0.1, 0.15) is 16.9 Å². The van der Waals surface area contributed by atoms with E-state index in [1.165, 1.54) is 6.26 Å². The second-order valence-electron chi connectivity index (χ2n) is 5.00. The molecule has 1 aromatic rings. The molecule has 1 amide bonds. The zero-order valence-corrected chi connectivity index (χ0v) is 13.2. The lowest BCUT2D eigenvalue weighted by Crippen LogP contribution is -2.30. The minimum Gasteiger partial charge on any atom is -0.337 e. The maximum Gasteiger partial charge on any atom is 0.275 e. The third-order valence-electron chi connectivity index (χ3n) is 3.10. The van der Waals surface area contributed by atoms with Crippen LogP contribution in [0.25, 0.3) is 0 Å². The fraction of sp³-hybridized carbons (Fsp3) is 0.636. The van der Waals surface area contributed by atoms with Gasteiger partial charge in [-0.05, 0) is 28.3 Å². The molecule has 1 aromatic heterocycles. The van der Waals surface area contributed by atoms with E-state index in [0.29, 0.717) is 23.3 Å². The van der Waals surface area contributed by atoms with Crippen molar-refractivity contribution in [2.24, 2.45) is 13.0 Å². The van der Waals surface area contributed by atoms with Crippen molar-refractivity contribution in [1.82, 2.24) is 14.7 Å². The van der Waals surface area contributed by atoms with Crippen molar-refractivity contribution in [1.29, 1.82) is 0 Å². The minimum absolute atomic E-state index is 0.0291. The first-order valence-electron chi connectivity index (χ1n) is 5.92. The van der Waals surface area contributed by atoms with E-state index >= 15 is 0 Å². The summed E-state index contributed by atoms with van der Waals surface area (Å²) in [5.41, 5.74) is 0.377. The first-order valence-corrected chi connectivity index (χ1v) is 8.78. The fourth-order valence-electron chi connectivity index (χ4n) is 2.34. The molecular formula is C11H16BrN3O3S. The smallest absolute Gasteiger partial charge is 0.275 e. The molecule has 19 heavy (non-hydrogen) atoms. The SMILES string of the molecule is Cn1cc(Br)c(C(=O)N2CCC(CS(C)(=O)=O)C2)n1. The average Bonchev–Trinajstić information content (AvgIpc) is 2.82. The molecule has 0 radical (unpaired) electrons. The summed E-state index contributed by atoms with van der Waals surface area (Å²) >= 11 is 3.30. The van der Waals surface area contributed by atoms with Gasteiger partial charge in [0.15, 0.2) is 5.69 Å². The van der Waals surface area contributed by atoms with E-state index in [2.05, 4.69) is 21.0 Å². The molecule has 0 saturated carbocycles. The Bertz CT molecular complexity index is 596. The molecule has 8 heteroatoms. The predicted octanol–water partition coefficient (Wildman–Crippen LogP) is 0.689. The lowest BCUT2D eigenvalue weighted by atomic mass is 10.2. The van der Waals surface area contributed by atoms with Crippen molar-refractivity contribution in [2.75, 3.05) is 25.1 Å². The molecule has 2 heterocycles. The Labute approximate surface area is 120 Å². The summed E-state index contributed by atoms with van der Waals surface area (Å²) in [7, 11) is -1.24. The van der Waals surface area contributed by atoms with Gasteiger partial charge < -0.3 is 4.90 Å². The molecule has 1 unspecified atom stereocenters. The number of rotatable bonds is 3. The van der Waals surface area contributed by atoms with Gasteiger partial charge in [-0.15, -0.1) is 0 Å². The highest BCUT2D eigenvalue weighted by molar-refractivity contribution is 9.10. The standard InChI is InChI=1S/C11H16BrN3O3S/c1-14-6-9(12)10(13-14)11(16)15-4-3-8(5-15)7-19(2,17)18/h6,8H,3-5,7H2,1-2H3. The van der Waals surface area contributed by atoms with Crippen LogP contribution < -0.4 is 0 Å². The van der Waals surface area contributed by atoms with Crippen LogP contribution >= 0.6 is 15.9 Å². The van der Waals surface area contributed by atoms with Crippen molar-refractivity contribution in [2.45, 2.75) is 6.42 Å². The number of aromatic nitrogens is 2. The van der Waals surface area contributed by atoms with Crippen LogP contribution in [0.15, 0.2) is 10.7 Å². The highest BCUT2D eigenvalue weighted by Gasteiger charge is 2.30. The Morgan fingerprint density at radius 2 is 2.26 bits per heavy atom. The van der Waals surface area contributed by atoms with Gasteiger partial charge in [-0.25, -0.2) is 8.42 Å². The molecule has 1 fully saturated rings. The first kappa shape index (κ1) is 14.5. The third-order valence-corrected chi connectivity index (χ3v) is 4.76. The topological polar surface area (TPSA) is 72.3 Å². The van der Waals surface area contributed by atoms with Gasteiger partial charge in [0.2, 0.25) is 0 Å². The van der Waals surface area contributed by atoms with Crippen LogP contribution in [0.5, 0.6) is 0 Å². The molecule has 0 bridgehead atoms. The second kappa shape index (κ2) is 5.24.